The van der Waals surface area contributed by atoms with Gasteiger partial charge in [0, 0.05) is 17.0 Å². The van der Waals surface area contributed by atoms with Crippen molar-refractivity contribution in [2.75, 3.05) is 0 Å². The highest BCUT2D eigenvalue weighted by atomic mass is 32.1. The van der Waals surface area contributed by atoms with Crippen LogP contribution < -0.4 is 5.32 Å². The van der Waals surface area contributed by atoms with E-state index < -0.39 is 0 Å². The molecule has 3 rings (SSSR count). The zero-order valence-corrected chi connectivity index (χ0v) is 12.8. The van der Waals surface area contributed by atoms with Gasteiger partial charge in [-0.2, -0.15) is 16.1 Å². The first-order valence-electron chi connectivity index (χ1n) is 7.32. The number of hydrogen-bond acceptors (Lipinski definition) is 5. The normalized spacial score (nSPS) is 22.1. The van der Waals surface area contributed by atoms with Gasteiger partial charge in [0.15, 0.2) is 0 Å². The zero-order chi connectivity index (χ0) is 14.7. The van der Waals surface area contributed by atoms with E-state index in [1.54, 1.807) is 11.3 Å². The lowest BCUT2D eigenvalue weighted by atomic mass is 9.86. The van der Waals surface area contributed by atoms with E-state index in [9.17, 15) is 4.79 Å². The first-order chi connectivity index (χ1) is 10.2. The van der Waals surface area contributed by atoms with Crippen LogP contribution in [0.5, 0.6) is 0 Å². The van der Waals surface area contributed by atoms with Crippen LogP contribution in [-0.4, -0.2) is 32.2 Å². The second kappa shape index (κ2) is 6.34. The molecule has 1 saturated carbocycles. The van der Waals surface area contributed by atoms with Gasteiger partial charge in [-0.25, -0.2) is 0 Å². The van der Waals surface area contributed by atoms with Crippen molar-refractivity contribution < 1.29 is 4.79 Å². The van der Waals surface area contributed by atoms with Crippen molar-refractivity contribution in [1.29, 1.82) is 0 Å². The average molecular weight is 305 g/mol. The minimum atomic E-state index is -0.0389. The van der Waals surface area contributed by atoms with Gasteiger partial charge in [-0.15, -0.1) is 10.2 Å². The molecule has 1 aliphatic carbocycles. The molecule has 6 nitrogen and oxygen atoms in total. The van der Waals surface area contributed by atoms with Gasteiger partial charge < -0.3 is 5.32 Å². The Labute approximate surface area is 127 Å². The van der Waals surface area contributed by atoms with E-state index in [1.807, 2.05) is 16.8 Å². The van der Waals surface area contributed by atoms with Crippen LogP contribution in [0, 0.1) is 5.92 Å². The minimum Gasteiger partial charge on any atom is -0.351 e. The maximum atomic E-state index is 12.1. The highest BCUT2D eigenvalue weighted by Crippen LogP contribution is 2.23. The topological polar surface area (TPSA) is 72.7 Å². The van der Waals surface area contributed by atoms with Crippen LogP contribution in [-0.2, 0) is 11.3 Å². The largest absolute Gasteiger partial charge is 0.351 e. The SMILES string of the molecule is C[C@H]1CCCC[C@H]1NC(=O)Cn1nnc(-c2ccsc2)n1. The van der Waals surface area contributed by atoms with Gasteiger partial charge in [0.05, 0.1) is 0 Å². The summed E-state index contributed by atoms with van der Waals surface area (Å²) in [6, 6.07) is 2.22. The minimum absolute atomic E-state index is 0.0389. The highest BCUT2D eigenvalue weighted by molar-refractivity contribution is 7.08. The predicted octanol–water partition coefficient (Wildman–Crippen LogP) is 2.10. The summed E-state index contributed by atoms with van der Waals surface area (Å²) >= 11 is 1.58. The number of thiophene rings is 1. The lowest BCUT2D eigenvalue weighted by molar-refractivity contribution is -0.123. The average Bonchev–Trinajstić information content (AvgIpc) is 3.12. The van der Waals surface area contributed by atoms with Gasteiger partial charge in [-0.3, -0.25) is 4.79 Å². The van der Waals surface area contributed by atoms with Crippen molar-refractivity contribution in [3.05, 3.63) is 16.8 Å². The maximum absolute atomic E-state index is 12.1. The molecule has 2 atom stereocenters. The van der Waals surface area contributed by atoms with Crippen LogP contribution in [0.4, 0.5) is 0 Å². The molecule has 0 aromatic carbocycles. The first-order valence-corrected chi connectivity index (χ1v) is 8.26. The van der Waals surface area contributed by atoms with Crippen molar-refractivity contribution in [2.24, 2.45) is 5.92 Å². The lowest BCUT2D eigenvalue weighted by Gasteiger charge is -2.29. The van der Waals surface area contributed by atoms with Crippen molar-refractivity contribution in [2.45, 2.75) is 45.2 Å². The van der Waals surface area contributed by atoms with Crippen LogP contribution in [0.25, 0.3) is 11.4 Å². The molecular formula is C14H19N5OS. The highest BCUT2D eigenvalue weighted by Gasteiger charge is 2.23. The Morgan fingerprint density at radius 1 is 1.48 bits per heavy atom. The number of tetrazole rings is 1. The number of nitrogens with one attached hydrogen (secondary N) is 1. The quantitative estimate of drug-likeness (QED) is 0.939. The molecule has 0 bridgehead atoms. The van der Waals surface area contributed by atoms with E-state index >= 15 is 0 Å². The molecule has 2 aromatic rings. The van der Waals surface area contributed by atoms with Crippen LogP contribution in [0.3, 0.4) is 0 Å². The standard InChI is InChI=1S/C14H19N5OS/c1-10-4-2-3-5-12(10)15-13(20)8-19-17-14(16-18-19)11-6-7-21-9-11/h6-7,9-10,12H,2-5,8H2,1H3,(H,15,20)/t10-,12+/m0/s1. The molecule has 1 N–H and O–H groups in total. The smallest absolute Gasteiger partial charge is 0.243 e. The fraction of sp³-hybridized carbons (Fsp3) is 0.571. The fourth-order valence-electron chi connectivity index (χ4n) is 2.73. The molecule has 21 heavy (non-hydrogen) atoms. The summed E-state index contributed by atoms with van der Waals surface area (Å²) in [6.07, 6.45) is 4.72. The number of carbonyl (C=O) groups excluding carboxylic acids is 1. The van der Waals surface area contributed by atoms with E-state index in [4.69, 9.17) is 0 Å². The molecule has 0 aliphatic heterocycles. The molecule has 2 aromatic heterocycles. The number of amides is 1. The van der Waals surface area contributed by atoms with Gasteiger partial charge in [0.2, 0.25) is 11.7 Å². The van der Waals surface area contributed by atoms with E-state index in [0.717, 1.165) is 12.0 Å². The third-order valence-electron chi connectivity index (χ3n) is 3.98. The summed E-state index contributed by atoms with van der Waals surface area (Å²) in [6.45, 7) is 2.33. The molecule has 1 fully saturated rings. The number of carbonyl (C=O) groups is 1. The second-order valence-electron chi connectivity index (χ2n) is 5.59. The molecule has 112 valence electrons. The summed E-state index contributed by atoms with van der Waals surface area (Å²) in [4.78, 5) is 13.4. The third kappa shape index (κ3) is 3.47. The summed E-state index contributed by atoms with van der Waals surface area (Å²) in [5, 5.41) is 19.2. The number of aromatic nitrogens is 4. The molecule has 1 aliphatic rings. The Kier molecular flexibility index (Phi) is 4.28. The lowest BCUT2D eigenvalue weighted by Crippen LogP contribution is -2.42. The monoisotopic (exact) mass is 305 g/mol. The molecule has 1 amide bonds. The summed E-state index contributed by atoms with van der Waals surface area (Å²) in [5.74, 6) is 1.07. The molecule has 2 heterocycles. The van der Waals surface area contributed by atoms with E-state index in [2.05, 4.69) is 27.7 Å². The van der Waals surface area contributed by atoms with Crippen LogP contribution >= 0.6 is 11.3 Å². The van der Waals surface area contributed by atoms with Gasteiger partial charge in [-0.1, -0.05) is 19.8 Å². The number of nitrogens with zero attached hydrogens (tertiary/aromatic N) is 4. The molecule has 0 radical (unpaired) electrons. The van der Waals surface area contributed by atoms with Crippen LogP contribution in [0.1, 0.15) is 32.6 Å². The van der Waals surface area contributed by atoms with Gasteiger partial charge in [0.1, 0.15) is 6.54 Å². The molecule has 7 heteroatoms. The molecular weight excluding hydrogens is 286 g/mol. The molecule has 0 unspecified atom stereocenters. The Hall–Kier alpha value is -1.76. The van der Waals surface area contributed by atoms with Gasteiger partial charge in [0.25, 0.3) is 0 Å². The maximum Gasteiger partial charge on any atom is 0.243 e. The Balaban J connectivity index is 1.57. The molecule has 0 saturated heterocycles. The zero-order valence-electron chi connectivity index (χ0n) is 12.0. The Morgan fingerprint density at radius 2 is 2.33 bits per heavy atom. The van der Waals surface area contributed by atoms with Gasteiger partial charge in [-0.05, 0) is 35.4 Å². The Bertz CT molecular complexity index is 594. The van der Waals surface area contributed by atoms with E-state index in [0.29, 0.717) is 11.7 Å². The van der Waals surface area contributed by atoms with Gasteiger partial charge >= 0.3 is 0 Å². The van der Waals surface area contributed by atoms with Crippen LogP contribution in [0.15, 0.2) is 16.8 Å². The molecule has 0 spiro atoms. The van der Waals surface area contributed by atoms with Crippen LogP contribution in [0.2, 0.25) is 0 Å². The van der Waals surface area contributed by atoms with Crippen molar-refractivity contribution in [3.63, 3.8) is 0 Å². The van der Waals surface area contributed by atoms with Crippen molar-refractivity contribution in [1.82, 2.24) is 25.5 Å². The van der Waals surface area contributed by atoms with Crippen molar-refractivity contribution >= 4 is 17.2 Å². The van der Waals surface area contributed by atoms with Crippen molar-refractivity contribution in [3.8, 4) is 11.4 Å². The second-order valence-corrected chi connectivity index (χ2v) is 6.37. The summed E-state index contributed by atoms with van der Waals surface area (Å²) in [5.41, 5.74) is 0.938. The van der Waals surface area contributed by atoms with E-state index in [1.165, 1.54) is 24.1 Å². The summed E-state index contributed by atoms with van der Waals surface area (Å²) < 4.78 is 0. The van der Waals surface area contributed by atoms with E-state index in [-0.39, 0.29) is 18.5 Å². The number of rotatable bonds is 4. The first kappa shape index (κ1) is 14.2. The third-order valence-corrected chi connectivity index (χ3v) is 4.66. The Morgan fingerprint density at radius 3 is 3.10 bits per heavy atom. The predicted molar refractivity (Wildman–Crippen MR) is 80.7 cm³/mol. The number of hydrogen-bond donors (Lipinski definition) is 1. The fourth-order valence-corrected chi connectivity index (χ4v) is 3.36. The summed E-state index contributed by atoms with van der Waals surface area (Å²) in [7, 11) is 0.